The molecule has 0 aliphatic carbocycles. The van der Waals surface area contributed by atoms with Crippen molar-refractivity contribution in [3.8, 4) is 0 Å². The molecule has 0 bridgehead atoms. The van der Waals surface area contributed by atoms with Crippen molar-refractivity contribution in [3.05, 3.63) is 71.3 Å². The van der Waals surface area contributed by atoms with Crippen LogP contribution in [0.4, 0.5) is 0 Å². The number of carbonyl (C=O) groups is 3. The van der Waals surface area contributed by atoms with Gasteiger partial charge in [0, 0.05) is 0 Å². The maximum Gasteiger partial charge on any atom is 0.338 e. The Labute approximate surface area is 191 Å². The zero-order valence-corrected chi connectivity index (χ0v) is 18.8. The minimum Gasteiger partial charge on any atom is -0.462 e. The van der Waals surface area contributed by atoms with Crippen LogP contribution in [0, 0.1) is 0 Å². The highest BCUT2D eigenvalue weighted by Gasteiger charge is 2.17. The van der Waals surface area contributed by atoms with E-state index < -0.39 is 17.9 Å². The topological polar surface area (TPSA) is 78.9 Å². The third kappa shape index (κ3) is 4.12. The van der Waals surface area contributed by atoms with Crippen LogP contribution < -0.4 is 0 Å². The fraction of sp³-hybridized carbons (Fsp3) is 0.222. The molecule has 6 heteroatoms. The smallest absolute Gasteiger partial charge is 0.338 e. The molecule has 33 heavy (non-hydrogen) atoms. The summed E-state index contributed by atoms with van der Waals surface area (Å²) >= 11 is 0. The van der Waals surface area contributed by atoms with Crippen LogP contribution in [0.25, 0.3) is 32.3 Å². The number of ether oxygens (including phenoxy) is 3. The first-order chi connectivity index (χ1) is 16.0. The molecule has 0 amide bonds. The summed E-state index contributed by atoms with van der Waals surface area (Å²) in [6.07, 6.45) is 0. The van der Waals surface area contributed by atoms with Crippen molar-refractivity contribution in [2.75, 3.05) is 19.8 Å². The summed E-state index contributed by atoms with van der Waals surface area (Å²) < 4.78 is 15.5. The molecule has 0 unspecified atom stereocenters. The Kier molecular flexibility index (Phi) is 6.27. The monoisotopic (exact) mass is 444 g/mol. The number of hydrogen-bond acceptors (Lipinski definition) is 6. The average Bonchev–Trinajstić information content (AvgIpc) is 2.83. The number of carbonyl (C=O) groups excluding carboxylic acids is 3. The van der Waals surface area contributed by atoms with Crippen LogP contribution in [0.3, 0.4) is 0 Å². The SMILES string of the molecule is CCOC(=O)c1ccc2c3ccc(C(=O)OCC)cc3c3cc(C(=O)OCC)ccc3c2c1. The summed E-state index contributed by atoms with van der Waals surface area (Å²) in [6.45, 7) is 6.11. The molecule has 0 saturated carbocycles. The fourth-order valence-corrected chi connectivity index (χ4v) is 4.03. The van der Waals surface area contributed by atoms with Crippen molar-refractivity contribution in [1.29, 1.82) is 0 Å². The summed E-state index contributed by atoms with van der Waals surface area (Å²) in [7, 11) is 0. The first kappa shape index (κ1) is 22.3. The van der Waals surface area contributed by atoms with Gasteiger partial charge in [-0.3, -0.25) is 0 Å². The van der Waals surface area contributed by atoms with Gasteiger partial charge >= 0.3 is 17.9 Å². The number of esters is 3. The van der Waals surface area contributed by atoms with Gasteiger partial charge in [-0.05, 0) is 89.5 Å². The number of hydrogen-bond donors (Lipinski definition) is 0. The van der Waals surface area contributed by atoms with E-state index >= 15 is 0 Å². The van der Waals surface area contributed by atoms with Crippen molar-refractivity contribution in [3.63, 3.8) is 0 Å². The van der Waals surface area contributed by atoms with Crippen LogP contribution in [0.15, 0.2) is 54.6 Å². The molecule has 0 saturated heterocycles. The average molecular weight is 444 g/mol. The van der Waals surface area contributed by atoms with Gasteiger partial charge in [0.2, 0.25) is 0 Å². The normalized spacial score (nSPS) is 11.0. The van der Waals surface area contributed by atoms with E-state index in [1.54, 1.807) is 57.2 Å². The fourth-order valence-electron chi connectivity index (χ4n) is 4.03. The van der Waals surface area contributed by atoms with Crippen molar-refractivity contribution >= 4 is 50.2 Å². The molecule has 0 fully saturated rings. The second-order valence-electron chi connectivity index (χ2n) is 7.44. The molecule has 0 radical (unpaired) electrons. The first-order valence-electron chi connectivity index (χ1n) is 10.9. The maximum atomic E-state index is 12.4. The van der Waals surface area contributed by atoms with Crippen LogP contribution >= 0.6 is 0 Å². The van der Waals surface area contributed by atoms with Crippen molar-refractivity contribution < 1.29 is 28.6 Å². The minimum absolute atomic E-state index is 0.269. The zero-order chi connectivity index (χ0) is 23.5. The van der Waals surface area contributed by atoms with E-state index in [1.807, 2.05) is 18.2 Å². The Hall–Kier alpha value is -3.93. The first-order valence-corrected chi connectivity index (χ1v) is 10.9. The van der Waals surface area contributed by atoms with Gasteiger partial charge in [0.25, 0.3) is 0 Å². The second-order valence-corrected chi connectivity index (χ2v) is 7.44. The largest absolute Gasteiger partial charge is 0.462 e. The van der Waals surface area contributed by atoms with Gasteiger partial charge in [-0.25, -0.2) is 14.4 Å². The molecule has 0 aliphatic rings. The summed E-state index contributed by atoms with van der Waals surface area (Å²) in [5.41, 5.74) is 1.28. The summed E-state index contributed by atoms with van der Waals surface area (Å²) in [5, 5.41) is 5.08. The third-order valence-electron chi connectivity index (χ3n) is 5.46. The van der Waals surface area contributed by atoms with Gasteiger partial charge in [-0.2, -0.15) is 0 Å². The molecule has 4 rings (SSSR count). The molecule has 0 spiro atoms. The lowest BCUT2D eigenvalue weighted by Gasteiger charge is -2.14. The molecule has 0 atom stereocenters. The van der Waals surface area contributed by atoms with E-state index in [2.05, 4.69) is 0 Å². The quantitative estimate of drug-likeness (QED) is 0.216. The zero-order valence-electron chi connectivity index (χ0n) is 18.8. The van der Waals surface area contributed by atoms with Gasteiger partial charge in [0.15, 0.2) is 0 Å². The molecule has 0 aliphatic heterocycles. The Bertz CT molecular complexity index is 1400. The summed E-state index contributed by atoms with van der Waals surface area (Å²) in [5.74, 6) is -1.23. The lowest BCUT2D eigenvalue weighted by molar-refractivity contribution is 0.0517. The van der Waals surface area contributed by atoms with Crippen LogP contribution in [-0.2, 0) is 14.2 Å². The van der Waals surface area contributed by atoms with E-state index in [1.165, 1.54) is 0 Å². The van der Waals surface area contributed by atoms with Crippen molar-refractivity contribution in [2.24, 2.45) is 0 Å². The Balaban J connectivity index is 2.06. The van der Waals surface area contributed by atoms with Crippen molar-refractivity contribution in [2.45, 2.75) is 20.8 Å². The van der Waals surface area contributed by atoms with Gasteiger partial charge < -0.3 is 14.2 Å². The predicted molar refractivity (Wildman–Crippen MR) is 127 cm³/mol. The summed E-state index contributed by atoms with van der Waals surface area (Å²) in [4.78, 5) is 37.1. The van der Waals surface area contributed by atoms with Gasteiger partial charge in [-0.15, -0.1) is 0 Å². The van der Waals surface area contributed by atoms with Crippen LogP contribution in [-0.4, -0.2) is 37.7 Å². The number of rotatable bonds is 6. The molecule has 0 aromatic heterocycles. The molecule has 4 aromatic carbocycles. The molecular weight excluding hydrogens is 420 g/mol. The summed E-state index contributed by atoms with van der Waals surface area (Å²) in [6, 6.07) is 16.1. The van der Waals surface area contributed by atoms with E-state index in [0.717, 1.165) is 32.3 Å². The Morgan fingerprint density at radius 1 is 0.485 bits per heavy atom. The number of fused-ring (bicyclic) bond motifs is 6. The van der Waals surface area contributed by atoms with Gasteiger partial charge in [0.1, 0.15) is 0 Å². The highest BCUT2D eigenvalue weighted by atomic mass is 16.5. The third-order valence-corrected chi connectivity index (χ3v) is 5.46. The standard InChI is InChI=1S/C27H24O6/c1-4-31-25(28)16-7-10-19-20-11-8-17(26(29)32-5-2)14-23(20)24-15-18(27(30)33-6-3)9-12-21(24)22(19)13-16/h7-15H,4-6H2,1-3H3. The highest BCUT2D eigenvalue weighted by Crippen LogP contribution is 2.37. The highest BCUT2D eigenvalue weighted by molar-refractivity contribution is 6.27. The molecular formula is C27H24O6. The van der Waals surface area contributed by atoms with Crippen LogP contribution in [0.1, 0.15) is 51.8 Å². The Morgan fingerprint density at radius 2 is 0.758 bits per heavy atom. The lowest BCUT2D eigenvalue weighted by Crippen LogP contribution is -2.06. The number of benzene rings is 4. The van der Waals surface area contributed by atoms with E-state index in [9.17, 15) is 14.4 Å². The Morgan fingerprint density at radius 3 is 1.06 bits per heavy atom. The van der Waals surface area contributed by atoms with Crippen LogP contribution in [0.5, 0.6) is 0 Å². The molecule has 4 aromatic rings. The molecule has 168 valence electrons. The van der Waals surface area contributed by atoms with E-state index in [4.69, 9.17) is 14.2 Å². The van der Waals surface area contributed by atoms with E-state index in [0.29, 0.717) is 16.7 Å². The molecule has 0 heterocycles. The molecule has 6 nitrogen and oxygen atoms in total. The van der Waals surface area contributed by atoms with Crippen LogP contribution in [0.2, 0.25) is 0 Å². The second kappa shape index (κ2) is 9.28. The van der Waals surface area contributed by atoms with Crippen molar-refractivity contribution in [1.82, 2.24) is 0 Å². The predicted octanol–water partition coefficient (Wildman–Crippen LogP) is 5.68. The van der Waals surface area contributed by atoms with E-state index in [-0.39, 0.29) is 19.8 Å². The lowest BCUT2D eigenvalue weighted by atomic mass is 9.91. The molecule has 0 N–H and O–H groups in total. The minimum atomic E-state index is -0.422. The maximum absolute atomic E-state index is 12.4. The van der Waals surface area contributed by atoms with Gasteiger partial charge in [0.05, 0.1) is 36.5 Å². The van der Waals surface area contributed by atoms with Gasteiger partial charge in [-0.1, -0.05) is 18.2 Å².